The van der Waals surface area contributed by atoms with Crippen LogP contribution in [0.5, 0.6) is 11.5 Å². The first-order valence-electron chi connectivity index (χ1n) is 5.91. The van der Waals surface area contributed by atoms with Crippen LogP contribution in [0.1, 0.15) is 0 Å². The maximum atomic E-state index is 13.2. The lowest BCUT2D eigenvalue weighted by molar-refractivity contribution is -0.384. The number of nitrogens with zero attached hydrogens (tertiary/aromatic N) is 1. The van der Waals surface area contributed by atoms with Gasteiger partial charge >= 0.3 is 0 Å². The maximum Gasteiger partial charge on any atom is 0.273 e. The predicted molar refractivity (Wildman–Crippen MR) is 70.5 cm³/mol. The number of rotatable bonds is 6. The molecule has 104 valence electrons. The minimum atomic E-state index is -0.497. The van der Waals surface area contributed by atoms with Crippen LogP contribution in [0.25, 0.3) is 0 Å². The number of hydrogen-bond acceptors (Lipinski definition) is 4. The predicted octanol–water partition coefficient (Wildman–Crippen LogP) is 3.19. The van der Waals surface area contributed by atoms with Gasteiger partial charge in [0.2, 0.25) is 0 Å². The molecule has 0 aliphatic rings. The van der Waals surface area contributed by atoms with E-state index in [1.807, 2.05) is 0 Å². The highest BCUT2D eigenvalue weighted by Gasteiger charge is 2.06. The Hall–Kier alpha value is -2.63. The third-order valence-corrected chi connectivity index (χ3v) is 2.47. The topological polar surface area (TPSA) is 61.6 Å². The van der Waals surface area contributed by atoms with Crippen molar-refractivity contribution in [1.29, 1.82) is 0 Å². The molecular formula is C14H12FNO4. The summed E-state index contributed by atoms with van der Waals surface area (Å²) in [5.74, 6) is 0.0781. The first-order valence-corrected chi connectivity index (χ1v) is 5.91. The third kappa shape index (κ3) is 3.68. The SMILES string of the molecule is O=[N+]([O-])c1cccc(OCCOc2ccccc2F)c1. The summed E-state index contributed by atoms with van der Waals surface area (Å²) in [6.07, 6.45) is 0. The van der Waals surface area contributed by atoms with Crippen molar-refractivity contribution in [2.24, 2.45) is 0 Å². The molecule has 0 aliphatic carbocycles. The number of non-ortho nitro benzene ring substituents is 1. The second-order valence-electron chi connectivity index (χ2n) is 3.88. The summed E-state index contributed by atoms with van der Waals surface area (Å²) in [5, 5.41) is 10.6. The number of benzene rings is 2. The second-order valence-corrected chi connectivity index (χ2v) is 3.88. The van der Waals surface area contributed by atoms with E-state index in [1.165, 1.54) is 30.3 Å². The van der Waals surface area contributed by atoms with E-state index in [0.717, 1.165) is 0 Å². The van der Waals surface area contributed by atoms with Crippen molar-refractivity contribution in [3.8, 4) is 11.5 Å². The molecule has 0 aromatic heterocycles. The molecule has 0 atom stereocenters. The average Bonchev–Trinajstić information content (AvgIpc) is 2.45. The van der Waals surface area contributed by atoms with E-state index in [-0.39, 0.29) is 24.7 Å². The highest BCUT2D eigenvalue weighted by molar-refractivity contribution is 5.37. The number of nitro groups is 1. The summed E-state index contributed by atoms with van der Waals surface area (Å²) in [6.45, 7) is 0.305. The quantitative estimate of drug-likeness (QED) is 0.462. The van der Waals surface area contributed by atoms with Crippen molar-refractivity contribution in [2.75, 3.05) is 13.2 Å². The Kier molecular flexibility index (Phi) is 4.49. The lowest BCUT2D eigenvalue weighted by Crippen LogP contribution is -2.09. The van der Waals surface area contributed by atoms with Crippen LogP contribution in [0.2, 0.25) is 0 Å². The van der Waals surface area contributed by atoms with Crippen LogP contribution in [0.3, 0.4) is 0 Å². The van der Waals surface area contributed by atoms with Gasteiger partial charge in [-0.15, -0.1) is 0 Å². The fourth-order valence-corrected chi connectivity index (χ4v) is 1.56. The molecule has 0 aliphatic heterocycles. The zero-order chi connectivity index (χ0) is 14.4. The highest BCUT2D eigenvalue weighted by atomic mass is 19.1. The van der Waals surface area contributed by atoms with E-state index in [4.69, 9.17) is 9.47 Å². The standard InChI is InChI=1S/C14H12FNO4/c15-13-6-1-2-7-14(13)20-9-8-19-12-5-3-4-11(10-12)16(17)18/h1-7,10H,8-9H2. The molecule has 0 unspecified atom stereocenters. The van der Waals surface area contributed by atoms with Gasteiger partial charge in [0.05, 0.1) is 11.0 Å². The van der Waals surface area contributed by atoms with Gasteiger partial charge in [-0.3, -0.25) is 10.1 Å². The van der Waals surface area contributed by atoms with Gasteiger partial charge in [-0.2, -0.15) is 0 Å². The molecule has 2 aromatic carbocycles. The van der Waals surface area contributed by atoms with Crippen LogP contribution < -0.4 is 9.47 Å². The van der Waals surface area contributed by atoms with E-state index in [0.29, 0.717) is 5.75 Å². The molecule has 0 amide bonds. The number of halogens is 1. The summed E-state index contributed by atoms with van der Waals surface area (Å²) in [4.78, 5) is 10.1. The molecular weight excluding hydrogens is 265 g/mol. The van der Waals surface area contributed by atoms with E-state index in [2.05, 4.69) is 0 Å². The van der Waals surface area contributed by atoms with Crippen molar-refractivity contribution >= 4 is 5.69 Å². The van der Waals surface area contributed by atoms with E-state index in [9.17, 15) is 14.5 Å². The molecule has 0 fully saturated rings. The number of nitro benzene ring substituents is 1. The van der Waals surface area contributed by atoms with Gasteiger partial charge in [0.1, 0.15) is 19.0 Å². The van der Waals surface area contributed by atoms with Crippen molar-refractivity contribution < 1.29 is 18.8 Å². The first kappa shape index (κ1) is 13.8. The molecule has 0 bridgehead atoms. The zero-order valence-electron chi connectivity index (χ0n) is 10.5. The van der Waals surface area contributed by atoms with Crippen LogP contribution in [-0.2, 0) is 0 Å². The minimum absolute atomic E-state index is 0.0440. The molecule has 6 heteroatoms. The zero-order valence-corrected chi connectivity index (χ0v) is 10.5. The lowest BCUT2D eigenvalue weighted by Gasteiger charge is -2.08. The normalized spacial score (nSPS) is 10.1. The summed E-state index contributed by atoms with van der Waals surface area (Å²) in [6, 6.07) is 11.9. The highest BCUT2D eigenvalue weighted by Crippen LogP contribution is 2.19. The van der Waals surface area contributed by atoms with Gasteiger partial charge in [0.25, 0.3) is 5.69 Å². The number of para-hydroxylation sites is 1. The van der Waals surface area contributed by atoms with Crippen LogP contribution in [0.15, 0.2) is 48.5 Å². The fraction of sp³-hybridized carbons (Fsp3) is 0.143. The van der Waals surface area contributed by atoms with E-state index >= 15 is 0 Å². The van der Waals surface area contributed by atoms with Crippen molar-refractivity contribution in [3.05, 3.63) is 64.5 Å². The molecule has 0 heterocycles. The molecule has 0 radical (unpaired) electrons. The molecule has 0 N–H and O–H groups in total. The largest absolute Gasteiger partial charge is 0.490 e. The summed E-state index contributed by atoms with van der Waals surface area (Å²) < 4.78 is 23.7. The Balaban J connectivity index is 1.83. The van der Waals surface area contributed by atoms with Gasteiger partial charge < -0.3 is 9.47 Å². The van der Waals surface area contributed by atoms with Gasteiger partial charge in [-0.1, -0.05) is 18.2 Å². The maximum absolute atomic E-state index is 13.2. The van der Waals surface area contributed by atoms with Crippen LogP contribution in [0.4, 0.5) is 10.1 Å². The smallest absolute Gasteiger partial charge is 0.273 e. The van der Waals surface area contributed by atoms with Gasteiger partial charge in [-0.05, 0) is 18.2 Å². The van der Waals surface area contributed by atoms with E-state index in [1.54, 1.807) is 18.2 Å². The molecule has 2 rings (SSSR count). The van der Waals surface area contributed by atoms with Crippen molar-refractivity contribution in [3.63, 3.8) is 0 Å². The Morgan fingerprint density at radius 3 is 2.55 bits per heavy atom. The second kappa shape index (κ2) is 6.51. The Bertz CT molecular complexity index is 603. The Labute approximate surface area is 114 Å². The minimum Gasteiger partial charge on any atom is -0.490 e. The lowest BCUT2D eigenvalue weighted by atomic mass is 10.3. The van der Waals surface area contributed by atoms with Crippen molar-refractivity contribution in [2.45, 2.75) is 0 Å². The monoisotopic (exact) mass is 277 g/mol. The summed E-state index contributed by atoms with van der Waals surface area (Å²) in [5.41, 5.74) is -0.0440. The van der Waals surface area contributed by atoms with Crippen LogP contribution in [0, 0.1) is 15.9 Å². The van der Waals surface area contributed by atoms with Crippen LogP contribution >= 0.6 is 0 Å². The third-order valence-electron chi connectivity index (χ3n) is 2.47. The molecule has 2 aromatic rings. The van der Waals surface area contributed by atoms with Gasteiger partial charge in [0, 0.05) is 6.07 Å². The Morgan fingerprint density at radius 2 is 1.80 bits per heavy atom. The van der Waals surface area contributed by atoms with E-state index < -0.39 is 10.7 Å². The van der Waals surface area contributed by atoms with Gasteiger partial charge in [0.15, 0.2) is 11.6 Å². The summed E-state index contributed by atoms with van der Waals surface area (Å²) in [7, 11) is 0. The van der Waals surface area contributed by atoms with Crippen LogP contribution in [-0.4, -0.2) is 18.1 Å². The number of ether oxygens (including phenoxy) is 2. The first-order chi connectivity index (χ1) is 9.66. The molecule has 5 nitrogen and oxygen atoms in total. The Morgan fingerprint density at radius 1 is 1.05 bits per heavy atom. The number of hydrogen-bond donors (Lipinski definition) is 0. The van der Waals surface area contributed by atoms with Crippen molar-refractivity contribution in [1.82, 2.24) is 0 Å². The average molecular weight is 277 g/mol. The molecule has 0 saturated carbocycles. The molecule has 20 heavy (non-hydrogen) atoms. The molecule has 0 saturated heterocycles. The molecule has 0 spiro atoms. The van der Waals surface area contributed by atoms with Gasteiger partial charge in [-0.25, -0.2) is 4.39 Å². The fourth-order valence-electron chi connectivity index (χ4n) is 1.56. The summed E-state index contributed by atoms with van der Waals surface area (Å²) >= 11 is 0.